The van der Waals surface area contributed by atoms with Gasteiger partial charge in [0, 0.05) is 34.1 Å². The number of carboxylic acids is 1. The van der Waals surface area contributed by atoms with Gasteiger partial charge in [-0.05, 0) is 68.3 Å². The minimum atomic E-state index is -1.55. The van der Waals surface area contributed by atoms with Gasteiger partial charge in [-0.3, -0.25) is 9.69 Å². The van der Waals surface area contributed by atoms with Crippen molar-refractivity contribution >= 4 is 27.4 Å². The van der Waals surface area contributed by atoms with Crippen molar-refractivity contribution in [2.75, 3.05) is 6.54 Å². The molecule has 0 fully saturated rings. The highest BCUT2D eigenvalue weighted by Crippen LogP contribution is 2.47. The molecule has 32 heavy (non-hydrogen) atoms. The molecule has 2 unspecified atom stereocenters. The summed E-state index contributed by atoms with van der Waals surface area (Å²) in [7, 11) is 0. The lowest BCUT2D eigenvalue weighted by molar-refractivity contribution is -0.136. The second-order valence-corrected chi connectivity index (χ2v) is 10.3. The Bertz CT molecular complexity index is 1140. The Morgan fingerprint density at radius 2 is 1.84 bits per heavy atom. The number of benzene rings is 2. The molecule has 4 rings (SSSR count). The van der Waals surface area contributed by atoms with Gasteiger partial charge in [0.15, 0.2) is 0 Å². The minimum Gasteiger partial charge on any atom is -0.481 e. The van der Waals surface area contributed by atoms with Crippen LogP contribution in [0.1, 0.15) is 54.8 Å². The fourth-order valence-electron chi connectivity index (χ4n) is 4.66. The van der Waals surface area contributed by atoms with E-state index in [4.69, 9.17) is 5.11 Å². The third kappa shape index (κ3) is 4.41. The van der Waals surface area contributed by atoms with Crippen LogP contribution >= 0.6 is 11.3 Å². The van der Waals surface area contributed by atoms with Crippen molar-refractivity contribution in [3.8, 4) is 0 Å². The summed E-state index contributed by atoms with van der Waals surface area (Å²) in [4.78, 5) is 13.8. The first-order valence-electron chi connectivity index (χ1n) is 10.7. The third-order valence-corrected chi connectivity index (χ3v) is 7.17. The largest absolute Gasteiger partial charge is 0.481 e. The zero-order chi connectivity index (χ0) is 23.2. The molecule has 3 aromatic rings. The SMILES string of the molecule is CC1Cc2sc3ccccc3c2C(c2c(F)cc(CCC(=O)O)cc2F)N1CC(C)(C)F. The lowest BCUT2D eigenvalue weighted by Gasteiger charge is -2.43. The Morgan fingerprint density at radius 1 is 1.19 bits per heavy atom. The zero-order valence-corrected chi connectivity index (χ0v) is 19.1. The monoisotopic (exact) mass is 461 g/mol. The predicted octanol–water partition coefficient (Wildman–Crippen LogP) is 6.28. The molecular weight excluding hydrogens is 435 g/mol. The van der Waals surface area contributed by atoms with Gasteiger partial charge in [-0.2, -0.15) is 0 Å². The van der Waals surface area contributed by atoms with E-state index in [0.717, 1.165) is 20.5 Å². The predicted molar refractivity (Wildman–Crippen MR) is 121 cm³/mol. The highest BCUT2D eigenvalue weighted by Gasteiger charge is 2.41. The summed E-state index contributed by atoms with van der Waals surface area (Å²) >= 11 is 1.62. The molecule has 0 saturated carbocycles. The van der Waals surface area contributed by atoms with E-state index in [9.17, 15) is 9.18 Å². The van der Waals surface area contributed by atoms with E-state index in [2.05, 4.69) is 0 Å². The number of hydrogen-bond acceptors (Lipinski definition) is 3. The van der Waals surface area contributed by atoms with E-state index < -0.39 is 29.3 Å². The number of thiophene rings is 1. The van der Waals surface area contributed by atoms with Gasteiger partial charge in [0.05, 0.1) is 6.04 Å². The van der Waals surface area contributed by atoms with Gasteiger partial charge in [0.1, 0.15) is 17.3 Å². The first-order valence-corrected chi connectivity index (χ1v) is 11.5. The number of carbonyl (C=O) groups is 1. The first kappa shape index (κ1) is 22.8. The molecule has 0 aliphatic carbocycles. The van der Waals surface area contributed by atoms with E-state index in [1.165, 1.54) is 26.0 Å². The van der Waals surface area contributed by atoms with Crippen molar-refractivity contribution < 1.29 is 23.1 Å². The second kappa shape index (κ2) is 8.52. The van der Waals surface area contributed by atoms with Gasteiger partial charge in [0.2, 0.25) is 0 Å². The van der Waals surface area contributed by atoms with Crippen LogP contribution in [0.25, 0.3) is 10.1 Å². The summed E-state index contributed by atoms with van der Waals surface area (Å²) in [5.41, 5.74) is -0.527. The lowest BCUT2D eigenvalue weighted by atomic mass is 9.86. The van der Waals surface area contributed by atoms with Crippen LogP contribution in [0.4, 0.5) is 13.2 Å². The molecule has 0 bridgehead atoms. The average Bonchev–Trinajstić information content (AvgIpc) is 3.04. The van der Waals surface area contributed by atoms with E-state index in [1.54, 1.807) is 11.3 Å². The number of halogens is 3. The summed E-state index contributed by atoms with van der Waals surface area (Å²) in [6.45, 7) is 4.94. The molecular formula is C25H26F3NO2S. The van der Waals surface area contributed by atoms with E-state index in [1.807, 2.05) is 36.1 Å². The van der Waals surface area contributed by atoms with E-state index in [0.29, 0.717) is 12.0 Å². The molecule has 7 heteroatoms. The quantitative estimate of drug-likeness (QED) is 0.470. The van der Waals surface area contributed by atoms with Crippen molar-refractivity contribution in [3.05, 3.63) is 69.6 Å². The Labute approximate surface area is 189 Å². The smallest absolute Gasteiger partial charge is 0.303 e. The number of aryl methyl sites for hydroxylation is 1. The van der Waals surface area contributed by atoms with Crippen LogP contribution in [-0.2, 0) is 17.6 Å². The van der Waals surface area contributed by atoms with E-state index in [-0.39, 0.29) is 31.0 Å². The van der Waals surface area contributed by atoms with Crippen LogP contribution in [0.15, 0.2) is 36.4 Å². The van der Waals surface area contributed by atoms with Gasteiger partial charge < -0.3 is 5.11 Å². The lowest BCUT2D eigenvalue weighted by Crippen LogP contribution is -2.47. The zero-order valence-electron chi connectivity index (χ0n) is 18.3. The molecule has 2 atom stereocenters. The van der Waals surface area contributed by atoms with Crippen LogP contribution in [0, 0.1) is 11.6 Å². The van der Waals surface area contributed by atoms with Gasteiger partial charge in [-0.1, -0.05) is 18.2 Å². The average molecular weight is 462 g/mol. The maximum atomic E-state index is 15.4. The van der Waals surface area contributed by atoms with Crippen LogP contribution in [0.5, 0.6) is 0 Å². The summed E-state index contributed by atoms with van der Waals surface area (Å²) in [5, 5.41) is 9.83. The fourth-order valence-corrected chi connectivity index (χ4v) is 6.01. The standard InChI is InChI=1S/C25H26F3NO2S/c1-14-10-20-22(16-6-4-5-7-19(16)32-20)24(29(14)13-25(2,3)28)23-17(26)11-15(12-18(23)27)8-9-21(30)31/h4-7,11-12,14,24H,8-10,13H2,1-3H3,(H,30,31). The summed E-state index contributed by atoms with van der Waals surface area (Å²) in [6, 6.07) is 9.32. The molecule has 0 radical (unpaired) electrons. The molecule has 1 aromatic heterocycles. The van der Waals surface area contributed by atoms with Gasteiger partial charge in [-0.25, -0.2) is 13.2 Å². The Kier molecular flexibility index (Phi) is 6.07. The van der Waals surface area contributed by atoms with Crippen LogP contribution in [0.2, 0.25) is 0 Å². The normalized spacial score (nSPS) is 19.3. The van der Waals surface area contributed by atoms with Crippen LogP contribution in [-0.4, -0.2) is 34.2 Å². The molecule has 170 valence electrons. The van der Waals surface area contributed by atoms with Crippen molar-refractivity contribution in [2.24, 2.45) is 0 Å². The summed E-state index contributed by atoms with van der Waals surface area (Å²) in [5.74, 6) is -2.48. The first-order chi connectivity index (χ1) is 15.0. The van der Waals surface area contributed by atoms with Crippen molar-refractivity contribution in [2.45, 2.75) is 57.8 Å². The number of nitrogens with zero attached hydrogens (tertiary/aromatic N) is 1. The molecule has 2 aromatic carbocycles. The topological polar surface area (TPSA) is 40.5 Å². The van der Waals surface area contributed by atoms with Crippen LogP contribution < -0.4 is 0 Å². The Morgan fingerprint density at radius 3 is 2.47 bits per heavy atom. The number of carboxylic acid groups (broad SMARTS) is 1. The van der Waals surface area contributed by atoms with Gasteiger partial charge in [-0.15, -0.1) is 11.3 Å². The molecule has 1 aliphatic rings. The van der Waals surface area contributed by atoms with Crippen molar-refractivity contribution in [1.29, 1.82) is 0 Å². The van der Waals surface area contributed by atoms with Crippen molar-refractivity contribution in [1.82, 2.24) is 4.90 Å². The molecule has 0 saturated heterocycles. The van der Waals surface area contributed by atoms with Gasteiger partial charge >= 0.3 is 5.97 Å². The number of aliphatic carboxylic acids is 1. The fraction of sp³-hybridized carbons (Fsp3) is 0.400. The highest BCUT2D eigenvalue weighted by molar-refractivity contribution is 7.19. The van der Waals surface area contributed by atoms with Crippen LogP contribution in [0.3, 0.4) is 0 Å². The summed E-state index contributed by atoms with van der Waals surface area (Å²) in [6.07, 6.45) is 0.514. The minimum absolute atomic E-state index is 0.0299. The Balaban J connectivity index is 1.90. The second-order valence-electron chi connectivity index (χ2n) is 9.15. The molecule has 1 N–H and O–H groups in total. The van der Waals surface area contributed by atoms with Gasteiger partial charge in [0.25, 0.3) is 0 Å². The molecule has 3 nitrogen and oxygen atoms in total. The van der Waals surface area contributed by atoms with E-state index >= 15 is 8.78 Å². The summed E-state index contributed by atoms with van der Waals surface area (Å²) < 4.78 is 46.7. The van der Waals surface area contributed by atoms with Crippen molar-refractivity contribution in [3.63, 3.8) is 0 Å². The number of rotatable bonds is 6. The number of hydrogen-bond donors (Lipinski definition) is 1. The maximum absolute atomic E-state index is 15.4. The molecule has 0 spiro atoms. The third-order valence-electron chi connectivity index (χ3n) is 5.96. The molecule has 2 heterocycles. The molecule has 0 amide bonds. The maximum Gasteiger partial charge on any atom is 0.303 e. The number of alkyl halides is 1. The highest BCUT2D eigenvalue weighted by atomic mass is 32.1. The molecule has 1 aliphatic heterocycles. The number of fused-ring (bicyclic) bond motifs is 3. The Hall–Kier alpha value is -2.38.